The van der Waals surface area contributed by atoms with Gasteiger partial charge >= 0.3 is 0 Å². The van der Waals surface area contributed by atoms with E-state index in [9.17, 15) is 8.78 Å². The molecule has 1 aromatic carbocycles. The first-order valence-electron chi connectivity index (χ1n) is 4.90. The number of rotatable bonds is 5. The van der Waals surface area contributed by atoms with Gasteiger partial charge in [0.2, 0.25) is 6.43 Å². The smallest absolute Gasteiger partial charge is 0.240 e. The van der Waals surface area contributed by atoms with Crippen molar-refractivity contribution in [3.8, 4) is 5.75 Å². The van der Waals surface area contributed by atoms with Crippen LogP contribution in [0.15, 0.2) is 24.3 Å². The SMILES string of the molecule is CCOc1ccc([C@H](N)CC(F)F)cc1.Cl. The molecule has 0 aliphatic heterocycles. The molecule has 0 aliphatic carbocycles. The Morgan fingerprint density at radius 2 is 1.81 bits per heavy atom. The number of alkyl halides is 2. The largest absolute Gasteiger partial charge is 0.494 e. The van der Waals surface area contributed by atoms with Crippen LogP contribution in [-0.2, 0) is 0 Å². The maximum absolute atomic E-state index is 12.1. The maximum Gasteiger partial charge on any atom is 0.240 e. The summed E-state index contributed by atoms with van der Waals surface area (Å²) in [6, 6.07) is 6.31. The zero-order chi connectivity index (χ0) is 11.3. The van der Waals surface area contributed by atoms with E-state index in [1.54, 1.807) is 24.3 Å². The summed E-state index contributed by atoms with van der Waals surface area (Å²) in [6.07, 6.45) is -2.68. The molecule has 5 heteroatoms. The fourth-order valence-electron chi connectivity index (χ4n) is 1.31. The van der Waals surface area contributed by atoms with Crippen LogP contribution in [-0.4, -0.2) is 13.0 Å². The van der Waals surface area contributed by atoms with E-state index < -0.39 is 12.5 Å². The Hall–Kier alpha value is -0.870. The van der Waals surface area contributed by atoms with Crippen molar-refractivity contribution in [2.75, 3.05) is 6.61 Å². The average Bonchev–Trinajstić information content (AvgIpc) is 2.18. The Labute approximate surface area is 100 Å². The second-order valence-electron chi connectivity index (χ2n) is 3.24. The van der Waals surface area contributed by atoms with Crippen LogP contribution in [0, 0.1) is 0 Å². The molecule has 1 rings (SSSR count). The van der Waals surface area contributed by atoms with Gasteiger partial charge < -0.3 is 10.5 Å². The third kappa shape index (κ3) is 4.77. The first kappa shape index (κ1) is 15.1. The molecule has 0 aromatic heterocycles. The van der Waals surface area contributed by atoms with E-state index in [1.807, 2.05) is 6.92 Å². The molecule has 0 saturated heterocycles. The van der Waals surface area contributed by atoms with Gasteiger partial charge in [0.25, 0.3) is 0 Å². The second kappa shape index (κ2) is 7.41. The van der Waals surface area contributed by atoms with Crippen molar-refractivity contribution >= 4 is 12.4 Å². The highest BCUT2D eigenvalue weighted by Gasteiger charge is 2.12. The topological polar surface area (TPSA) is 35.2 Å². The Bertz CT molecular complexity index is 293. The first-order valence-corrected chi connectivity index (χ1v) is 4.90. The van der Waals surface area contributed by atoms with E-state index in [2.05, 4.69) is 0 Å². The molecule has 1 atom stereocenters. The summed E-state index contributed by atoms with van der Waals surface area (Å²) in [5.74, 6) is 0.727. The van der Waals surface area contributed by atoms with Crippen LogP contribution < -0.4 is 10.5 Å². The van der Waals surface area contributed by atoms with Crippen molar-refractivity contribution in [2.45, 2.75) is 25.8 Å². The zero-order valence-electron chi connectivity index (χ0n) is 9.03. The Morgan fingerprint density at radius 3 is 2.25 bits per heavy atom. The van der Waals surface area contributed by atoms with Crippen LogP contribution in [0.1, 0.15) is 24.9 Å². The molecule has 2 nitrogen and oxygen atoms in total. The van der Waals surface area contributed by atoms with Gasteiger partial charge in [-0.25, -0.2) is 8.78 Å². The van der Waals surface area contributed by atoms with Crippen molar-refractivity contribution in [1.82, 2.24) is 0 Å². The number of benzene rings is 1. The minimum absolute atomic E-state index is 0. The molecule has 0 unspecified atom stereocenters. The third-order valence-electron chi connectivity index (χ3n) is 2.05. The van der Waals surface area contributed by atoms with Crippen LogP contribution in [0.3, 0.4) is 0 Å². The molecule has 2 N–H and O–H groups in total. The standard InChI is InChI=1S/C11H15F2NO.ClH/c1-2-15-9-5-3-8(4-6-9)10(14)7-11(12)13;/h3-6,10-11H,2,7,14H2,1H3;1H/t10-;/m1./s1. The lowest BCUT2D eigenvalue weighted by Crippen LogP contribution is -2.13. The summed E-state index contributed by atoms with van der Waals surface area (Å²) in [7, 11) is 0. The molecule has 0 heterocycles. The highest BCUT2D eigenvalue weighted by atomic mass is 35.5. The van der Waals surface area contributed by atoms with Crippen molar-refractivity contribution in [2.24, 2.45) is 5.73 Å². The van der Waals surface area contributed by atoms with Gasteiger partial charge in [0.15, 0.2) is 0 Å². The molecule has 0 aliphatic rings. The third-order valence-corrected chi connectivity index (χ3v) is 2.05. The van der Waals surface area contributed by atoms with Gasteiger partial charge in [-0.1, -0.05) is 12.1 Å². The van der Waals surface area contributed by atoms with Gasteiger partial charge in [-0.2, -0.15) is 0 Å². The number of nitrogens with two attached hydrogens (primary N) is 1. The van der Waals surface area contributed by atoms with Gasteiger partial charge in [-0.05, 0) is 24.6 Å². The average molecular weight is 252 g/mol. The van der Waals surface area contributed by atoms with Gasteiger partial charge in [0, 0.05) is 12.5 Å². The van der Waals surface area contributed by atoms with Crippen LogP contribution >= 0.6 is 12.4 Å². The van der Waals surface area contributed by atoms with Gasteiger partial charge in [-0.3, -0.25) is 0 Å². The Morgan fingerprint density at radius 1 is 1.25 bits per heavy atom. The molecular weight excluding hydrogens is 236 g/mol. The van der Waals surface area contributed by atoms with Crippen LogP contribution in [0.2, 0.25) is 0 Å². The van der Waals surface area contributed by atoms with Gasteiger partial charge in [0.05, 0.1) is 6.61 Å². The predicted molar refractivity (Wildman–Crippen MR) is 62.4 cm³/mol. The normalized spacial score (nSPS) is 12.1. The summed E-state index contributed by atoms with van der Waals surface area (Å²) < 4.78 is 29.4. The minimum Gasteiger partial charge on any atom is -0.494 e. The summed E-state index contributed by atoms with van der Waals surface area (Å²) in [5.41, 5.74) is 6.31. The van der Waals surface area contributed by atoms with Gasteiger partial charge in [-0.15, -0.1) is 12.4 Å². The minimum atomic E-state index is -2.37. The van der Waals surface area contributed by atoms with Crippen molar-refractivity contribution in [3.63, 3.8) is 0 Å². The quantitative estimate of drug-likeness (QED) is 0.873. The summed E-state index contributed by atoms with van der Waals surface area (Å²) in [4.78, 5) is 0. The summed E-state index contributed by atoms with van der Waals surface area (Å²) in [5, 5.41) is 0. The molecule has 0 saturated carbocycles. The van der Waals surface area contributed by atoms with Crippen LogP contribution in [0.25, 0.3) is 0 Å². The van der Waals surface area contributed by atoms with Crippen LogP contribution in [0.4, 0.5) is 8.78 Å². The number of halogens is 3. The van der Waals surface area contributed by atoms with E-state index in [0.29, 0.717) is 12.2 Å². The molecular formula is C11H16ClF2NO. The zero-order valence-corrected chi connectivity index (χ0v) is 9.84. The highest BCUT2D eigenvalue weighted by molar-refractivity contribution is 5.85. The summed E-state index contributed by atoms with van der Waals surface area (Å²) in [6.45, 7) is 2.47. The van der Waals surface area contributed by atoms with E-state index in [0.717, 1.165) is 5.75 Å². The summed E-state index contributed by atoms with van der Waals surface area (Å²) >= 11 is 0. The molecule has 16 heavy (non-hydrogen) atoms. The molecule has 0 spiro atoms. The van der Waals surface area contributed by atoms with E-state index in [-0.39, 0.29) is 18.8 Å². The van der Waals surface area contributed by atoms with E-state index in [1.165, 1.54) is 0 Å². The number of hydrogen-bond donors (Lipinski definition) is 1. The molecule has 0 amide bonds. The lowest BCUT2D eigenvalue weighted by molar-refractivity contribution is 0.128. The molecule has 1 aromatic rings. The maximum atomic E-state index is 12.1. The highest BCUT2D eigenvalue weighted by Crippen LogP contribution is 2.20. The van der Waals surface area contributed by atoms with Crippen molar-refractivity contribution in [1.29, 1.82) is 0 Å². The second-order valence-corrected chi connectivity index (χ2v) is 3.24. The van der Waals surface area contributed by atoms with Crippen molar-refractivity contribution in [3.05, 3.63) is 29.8 Å². The monoisotopic (exact) mass is 251 g/mol. The van der Waals surface area contributed by atoms with E-state index >= 15 is 0 Å². The van der Waals surface area contributed by atoms with Crippen LogP contribution in [0.5, 0.6) is 5.75 Å². The molecule has 0 bridgehead atoms. The fourth-order valence-corrected chi connectivity index (χ4v) is 1.31. The fraction of sp³-hybridized carbons (Fsp3) is 0.455. The Balaban J connectivity index is 0.00000225. The molecule has 92 valence electrons. The molecule has 0 radical (unpaired) electrons. The first-order chi connectivity index (χ1) is 7.13. The Kier molecular flexibility index (Phi) is 7.01. The lowest BCUT2D eigenvalue weighted by atomic mass is 10.1. The van der Waals surface area contributed by atoms with Gasteiger partial charge in [0.1, 0.15) is 5.75 Å². The van der Waals surface area contributed by atoms with E-state index in [4.69, 9.17) is 10.5 Å². The number of ether oxygens (including phenoxy) is 1. The van der Waals surface area contributed by atoms with Crippen molar-refractivity contribution < 1.29 is 13.5 Å². The molecule has 0 fully saturated rings. The predicted octanol–water partition coefficient (Wildman–Crippen LogP) is 3.16. The lowest BCUT2D eigenvalue weighted by Gasteiger charge is -2.11. The number of hydrogen-bond acceptors (Lipinski definition) is 2.